The Morgan fingerprint density at radius 1 is 1.29 bits per heavy atom. The van der Waals surface area contributed by atoms with Gasteiger partial charge in [0.25, 0.3) is 0 Å². The maximum Gasteiger partial charge on any atom is 0.224 e. The molecule has 1 unspecified atom stereocenters. The fourth-order valence-corrected chi connectivity index (χ4v) is 3.10. The van der Waals surface area contributed by atoms with Crippen LogP contribution in [-0.4, -0.2) is 40.1 Å². The van der Waals surface area contributed by atoms with Gasteiger partial charge in [-0.2, -0.15) is 0 Å². The molecule has 4 nitrogen and oxygen atoms in total. The second-order valence-corrected chi connectivity index (χ2v) is 6.16. The molecule has 3 N–H and O–H groups in total. The standard InChI is InChI=1S/C13H24N2O2/c1-12(17)5-4-8-15(10-12)11(16)9-13(14)6-2-3-7-13/h17H,2-10,14H2,1H3. The van der Waals surface area contributed by atoms with Crippen molar-refractivity contribution in [2.75, 3.05) is 13.1 Å². The van der Waals surface area contributed by atoms with E-state index in [4.69, 9.17) is 5.73 Å². The van der Waals surface area contributed by atoms with E-state index >= 15 is 0 Å². The highest BCUT2D eigenvalue weighted by Gasteiger charge is 2.36. The molecule has 1 amide bonds. The Morgan fingerprint density at radius 3 is 2.53 bits per heavy atom. The Bertz CT molecular complexity index is 296. The molecule has 4 heteroatoms. The summed E-state index contributed by atoms with van der Waals surface area (Å²) in [7, 11) is 0. The zero-order valence-corrected chi connectivity index (χ0v) is 10.7. The van der Waals surface area contributed by atoms with E-state index in [-0.39, 0.29) is 11.4 Å². The first kappa shape index (κ1) is 12.8. The van der Waals surface area contributed by atoms with Gasteiger partial charge in [-0.15, -0.1) is 0 Å². The molecule has 0 bridgehead atoms. The summed E-state index contributed by atoms with van der Waals surface area (Å²) >= 11 is 0. The van der Waals surface area contributed by atoms with E-state index in [1.807, 2.05) is 0 Å². The smallest absolute Gasteiger partial charge is 0.224 e. The molecule has 1 atom stereocenters. The average Bonchev–Trinajstić information content (AvgIpc) is 2.63. The molecule has 2 fully saturated rings. The Balaban J connectivity index is 1.91. The maximum absolute atomic E-state index is 12.2. The van der Waals surface area contributed by atoms with Crippen molar-refractivity contribution >= 4 is 5.91 Å². The lowest BCUT2D eigenvalue weighted by molar-refractivity contribution is -0.138. The van der Waals surface area contributed by atoms with Crippen molar-refractivity contribution in [1.29, 1.82) is 0 Å². The van der Waals surface area contributed by atoms with E-state index in [1.54, 1.807) is 11.8 Å². The van der Waals surface area contributed by atoms with E-state index in [9.17, 15) is 9.90 Å². The molecule has 0 spiro atoms. The number of β-amino-alcohol motifs (C(OH)–C–C–N with tert-alkyl or cyclic N) is 1. The van der Waals surface area contributed by atoms with Crippen molar-refractivity contribution in [1.82, 2.24) is 4.90 Å². The molecule has 2 rings (SSSR count). The predicted octanol–water partition coefficient (Wildman–Crippen LogP) is 1.02. The lowest BCUT2D eigenvalue weighted by Crippen LogP contribution is -2.51. The molecule has 1 saturated heterocycles. The Labute approximate surface area is 103 Å². The first-order chi connectivity index (χ1) is 7.90. The number of hydrogen-bond acceptors (Lipinski definition) is 3. The fraction of sp³-hybridized carbons (Fsp3) is 0.923. The van der Waals surface area contributed by atoms with Crippen LogP contribution in [0, 0.1) is 0 Å². The van der Waals surface area contributed by atoms with E-state index in [1.165, 1.54) is 0 Å². The minimum Gasteiger partial charge on any atom is -0.388 e. The molecule has 1 saturated carbocycles. The minimum absolute atomic E-state index is 0.120. The van der Waals surface area contributed by atoms with Crippen LogP contribution < -0.4 is 5.73 Å². The highest BCUT2D eigenvalue weighted by molar-refractivity contribution is 5.77. The van der Waals surface area contributed by atoms with E-state index < -0.39 is 5.60 Å². The zero-order chi connectivity index (χ0) is 12.5. The number of piperidine rings is 1. The van der Waals surface area contributed by atoms with Gasteiger partial charge in [0.05, 0.1) is 5.60 Å². The predicted molar refractivity (Wildman–Crippen MR) is 66.4 cm³/mol. The molecule has 0 aromatic heterocycles. The van der Waals surface area contributed by atoms with Gasteiger partial charge in [0, 0.05) is 25.0 Å². The molecule has 0 aromatic rings. The van der Waals surface area contributed by atoms with E-state index in [0.29, 0.717) is 13.0 Å². The number of hydrogen-bond donors (Lipinski definition) is 2. The third kappa shape index (κ3) is 3.19. The van der Waals surface area contributed by atoms with Crippen molar-refractivity contribution in [3.05, 3.63) is 0 Å². The third-order valence-corrected chi connectivity index (χ3v) is 4.13. The van der Waals surface area contributed by atoms with Crippen molar-refractivity contribution < 1.29 is 9.90 Å². The SMILES string of the molecule is CC1(O)CCCN(C(=O)CC2(N)CCCC2)C1. The van der Waals surface area contributed by atoms with Gasteiger partial charge < -0.3 is 15.7 Å². The first-order valence-corrected chi connectivity index (χ1v) is 6.69. The number of likely N-dealkylation sites (tertiary alicyclic amines) is 1. The molecule has 2 aliphatic rings. The van der Waals surface area contributed by atoms with Crippen LogP contribution >= 0.6 is 0 Å². The quantitative estimate of drug-likeness (QED) is 0.757. The van der Waals surface area contributed by atoms with E-state index in [2.05, 4.69) is 0 Å². The highest BCUT2D eigenvalue weighted by atomic mass is 16.3. The Hall–Kier alpha value is -0.610. The fourth-order valence-electron chi connectivity index (χ4n) is 3.10. The van der Waals surface area contributed by atoms with Crippen LogP contribution in [0.4, 0.5) is 0 Å². The number of amides is 1. The number of carbonyl (C=O) groups excluding carboxylic acids is 1. The van der Waals surface area contributed by atoms with E-state index in [0.717, 1.165) is 45.1 Å². The van der Waals surface area contributed by atoms with Crippen LogP contribution in [0.2, 0.25) is 0 Å². The van der Waals surface area contributed by atoms with Crippen LogP contribution in [0.1, 0.15) is 51.9 Å². The van der Waals surface area contributed by atoms with Crippen LogP contribution in [0.3, 0.4) is 0 Å². The largest absolute Gasteiger partial charge is 0.388 e. The molecular formula is C13H24N2O2. The summed E-state index contributed by atoms with van der Waals surface area (Å²) in [5.74, 6) is 0.120. The number of nitrogens with two attached hydrogens (primary N) is 1. The normalized spacial score (nSPS) is 32.8. The highest BCUT2D eigenvalue weighted by Crippen LogP contribution is 2.31. The van der Waals surface area contributed by atoms with Crippen molar-refractivity contribution in [2.24, 2.45) is 5.73 Å². The number of aliphatic hydroxyl groups is 1. The maximum atomic E-state index is 12.2. The van der Waals surface area contributed by atoms with Gasteiger partial charge in [0.15, 0.2) is 0 Å². The van der Waals surface area contributed by atoms with Gasteiger partial charge in [-0.25, -0.2) is 0 Å². The summed E-state index contributed by atoms with van der Waals surface area (Å²) < 4.78 is 0. The summed E-state index contributed by atoms with van der Waals surface area (Å²) in [6.07, 6.45) is 6.32. The molecule has 0 radical (unpaired) electrons. The van der Waals surface area contributed by atoms with Crippen LogP contribution in [0.25, 0.3) is 0 Å². The summed E-state index contributed by atoms with van der Waals surface area (Å²) in [5.41, 5.74) is 5.23. The number of rotatable bonds is 2. The molecule has 1 aliphatic heterocycles. The van der Waals surface area contributed by atoms with Gasteiger partial charge in [0.2, 0.25) is 5.91 Å². The van der Waals surface area contributed by atoms with Crippen LogP contribution in [-0.2, 0) is 4.79 Å². The summed E-state index contributed by atoms with van der Waals surface area (Å²) in [6, 6.07) is 0. The average molecular weight is 240 g/mol. The second kappa shape index (κ2) is 4.58. The van der Waals surface area contributed by atoms with Gasteiger partial charge >= 0.3 is 0 Å². The molecular weight excluding hydrogens is 216 g/mol. The minimum atomic E-state index is -0.717. The Kier molecular flexibility index (Phi) is 3.46. The number of carbonyl (C=O) groups is 1. The van der Waals surface area contributed by atoms with Crippen LogP contribution in [0.5, 0.6) is 0 Å². The zero-order valence-electron chi connectivity index (χ0n) is 10.7. The third-order valence-electron chi connectivity index (χ3n) is 4.13. The Morgan fingerprint density at radius 2 is 1.94 bits per heavy atom. The molecule has 17 heavy (non-hydrogen) atoms. The molecule has 98 valence electrons. The molecule has 1 aliphatic carbocycles. The summed E-state index contributed by atoms with van der Waals surface area (Å²) in [6.45, 7) is 3.03. The first-order valence-electron chi connectivity index (χ1n) is 6.69. The second-order valence-electron chi connectivity index (χ2n) is 6.16. The molecule has 1 heterocycles. The topological polar surface area (TPSA) is 66.6 Å². The van der Waals surface area contributed by atoms with Gasteiger partial charge in [0.1, 0.15) is 0 Å². The van der Waals surface area contributed by atoms with Crippen molar-refractivity contribution in [3.63, 3.8) is 0 Å². The van der Waals surface area contributed by atoms with Gasteiger partial charge in [-0.1, -0.05) is 12.8 Å². The van der Waals surface area contributed by atoms with Crippen molar-refractivity contribution in [3.8, 4) is 0 Å². The summed E-state index contributed by atoms with van der Waals surface area (Å²) in [4.78, 5) is 14.0. The van der Waals surface area contributed by atoms with Crippen LogP contribution in [0.15, 0.2) is 0 Å². The van der Waals surface area contributed by atoms with Gasteiger partial charge in [-0.3, -0.25) is 4.79 Å². The summed E-state index contributed by atoms with van der Waals surface area (Å²) in [5, 5.41) is 9.99. The van der Waals surface area contributed by atoms with Gasteiger partial charge in [-0.05, 0) is 32.6 Å². The molecule has 0 aromatic carbocycles. The van der Waals surface area contributed by atoms with Crippen molar-refractivity contribution in [2.45, 2.75) is 63.0 Å². The lowest BCUT2D eigenvalue weighted by Gasteiger charge is -2.38. The lowest BCUT2D eigenvalue weighted by atomic mass is 9.91. The monoisotopic (exact) mass is 240 g/mol. The number of nitrogens with zero attached hydrogens (tertiary/aromatic N) is 1.